The Labute approximate surface area is 414 Å². The number of ether oxygens (including phenoxy) is 4. The molecule has 4 rings (SSSR count). The summed E-state index contributed by atoms with van der Waals surface area (Å²) < 4.78 is 23.2. The van der Waals surface area contributed by atoms with Crippen LogP contribution in [-0.2, 0) is 28.7 Å². The maximum Gasteiger partial charge on any atom is 0.407 e. The van der Waals surface area contributed by atoms with Crippen LogP contribution >= 0.6 is 13.5 Å². The fourth-order valence-electron chi connectivity index (χ4n) is 7.09. The van der Waals surface area contributed by atoms with Crippen LogP contribution in [0, 0.1) is 0 Å². The third-order valence-electron chi connectivity index (χ3n) is 10.1. The quantitative estimate of drug-likeness (QED) is 0.0341. The van der Waals surface area contributed by atoms with Gasteiger partial charge in [0.15, 0.2) is 0 Å². The number of rotatable bonds is 25. The van der Waals surface area contributed by atoms with Crippen molar-refractivity contribution in [2.45, 2.75) is 144 Å². The molecule has 4 amide bonds. The number of carbonyl (C=O) groups is 6. The van der Waals surface area contributed by atoms with Gasteiger partial charge in [-0.2, -0.15) is 13.5 Å². The highest BCUT2D eigenvalue weighted by atomic mass is 32.1. The molecule has 0 heterocycles. The van der Waals surface area contributed by atoms with Gasteiger partial charge in [0.05, 0.1) is 13.2 Å². The first-order valence-corrected chi connectivity index (χ1v) is 22.6. The molecule has 4 aromatic carbocycles. The minimum Gasteiger partial charge on any atom is -0.493 e. The third kappa shape index (κ3) is 21.3. The smallest absolute Gasteiger partial charge is 0.407 e. The van der Waals surface area contributed by atoms with E-state index in [9.17, 15) is 39.0 Å². The average Bonchev–Trinajstić information content (AvgIpc) is 3.24. The topological polar surface area (TPSA) is 228 Å². The van der Waals surface area contributed by atoms with Gasteiger partial charge in [-0.25, -0.2) is 19.2 Å². The molecule has 0 aromatic heterocycles. The van der Waals surface area contributed by atoms with Crippen molar-refractivity contribution in [2.75, 3.05) is 26.3 Å². The zero-order valence-corrected chi connectivity index (χ0v) is 40.5. The second kappa shape index (κ2) is 29.6. The highest BCUT2D eigenvalue weighted by Gasteiger charge is 2.23. The Kier molecular flexibility index (Phi) is 26.1. The predicted octanol–water partition coefficient (Wildman–Crippen LogP) is 9.89. The molecule has 0 fully saturated rings. The van der Waals surface area contributed by atoms with E-state index in [1.807, 2.05) is 72.8 Å². The van der Waals surface area contributed by atoms with Crippen LogP contribution in [0.5, 0.6) is 11.5 Å². The lowest BCUT2D eigenvalue weighted by Crippen LogP contribution is -2.41. The lowest BCUT2D eigenvalue weighted by Gasteiger charge is -2.20. The minimum absolute atomic E-state index is 0. The number of amides is 4. The van der Waals surface area contributed by atoms with Crippen molar-refractivity contribution in [3.63, 3.8) is 0 Å². The van der Waals surface area contributed by atoms with Gasteiger partial charge in [0.2, 0.25) is 11.8 Å². The monoisotopic (exact) mass is 981 g/mol. The molecule has 0 spiro atoms. The first-order valence-electron chi connectivity index (χ1n) is 22.6. The summed E-state index contributed by atoms with van der Waals surface area (Å²) in [4.78, 5) is 73.5. The number of hydrogen-bond acceptors (Lipinski definition) is 10. The SMILES string of the molecule is C.C.CC(C)(C)OC(=O)NCCCC[C@@H](NC(=O)CCCOc1ccc2ccccc2c1-c1c(OCCCC(=O)N[C@H](CCCCNC(=O)OC(C)(C)C)C(=O)O)ccc2ccccc12)C(=O)O.S. The zero-order valence-electron chi connectivity index (χ0n) is 39.5. The summed E-state index contributed by atoms with van der Waals surface area (Å²) in [5, 5.41) is 33.8. The second-order valence-electron chi connectivity index (χ2n) is 18.0. The fraction of sp³-hybridized carbons (Fsp3) is 0.500. The number of fused-ring (bicyclic) bond motifs is 2. The molecule has 0 saturated heterocycles. The highest BCUT2D eigenvalue weighted by Crippen LogP contribution is 2.45. The standard InChI is InChI=1S/C50H66N4O12.2CH4.H2S/c1-49(2,3)65-47(61)51-29-13-11-21-37(45(57)58)53-41(55)23-15-31-63-39-27-25-33-17-7-9-19-35(33)43(39)44-36-20-10-8-18-34(36)26-28-40(44)64-32-16-24-42(56)54-38(46(59)60)22-12-14-30-52-48(62)66-50(4,5)6;;;/h7-10,17-20,25-28,37-38H,11-16,21-24,29-32H2,1-6H3,(H,51,61)(H,52,62)(H,53,55)(H,54,56)(H,57,58)(H,59,60);2*1H4;1H2/t37-,38-;;;/m1.../s1. The van der Waals surface area contributed by atoms with Gasteiger partial charge in [-0.15, -0.1) is 0 Å². The van der Waals surface area contributed by atoms with E-state index in [1.54, 1.807) is 41.5 Å². The molecule has 4 aromatic rings. The summed E-state index contributed by atoms with van der Waals surface area (Å²) in [6.07, 6.45) is 1.92. The van der Waals surface area contributed by atoms with E-state index in [2.05, 4.69) is 21.3 Å². The zero-order chi connectivity index (χ0) is 48.3. The maximum absolute atomic E-state index is 12.9. The van der Waals surface area contributed by atoms with E-state index in [4.69, 9.17) is 18.9 Å². The number of alkyl carbamates (subject to hydrolysis) is 2. The normalized spacial score (nSPS) is 11.9. The number of nitrogens with one attached hydrogen (secondary N) is 4. The molecule has 0 aliphatic carbocycles. The predicted molar refractivity (Wildman–Crippen MR) is 275 cm³/mol. The van der Waals surface area contributed by atoms with Gasteiger partial charge in [0.25, 0.3) is 0 Å². The maximum atomic E-state index is 12.9. The fourth-order valence-corrected chi connectivity index (χ4v) is 7.09. The molecule has 0 saturated carbocycles. The molecule has 6 N–H and O–H groups in total. The van der Waals surface area contributed by atoms with Gasteiger partial charge in [-0.05, 0) is 127 Å². The molecule has 0 radical (unpaired) electrons. The summed E-state index contributed by atoms with van der Waals surface area (Å²) in [6, 6.07) is 21.3. The third-order valence-corrected chi connectivity index (χ3v) is 10.1. The second-order valence-corrected chi connectivity index (χ2v) is 18.0. The van der Waals surface area contributed by atoms with Crippen LogP contribution < -0.4 is 30.7 Å². The number of unbranched alkanes of at least 4 members (excludes halogenated alkanes) is 2. The molecular formula is C52H76N4O12S. The van der Waals surface area contributed by atoms with Crippen LogP contribution in [0.25, 0.3) is 32.7 Å². The van der Waals surface area contributed by atoms with Crippen LogP contribution in [0.4, 0.5) is 9.59 Å². The average molecular weight is 981 g/mol. The lowest BCUT2D eigenvalue weighted by atomic mass is 9.92. The largest absolute Gasteiger partial charge is 0.493 e. The van der Waals surface area contributed by atoms with Crippen molar-refractivity contribution in [1.29, 1.82) is 0 Å². The number of hydrogen-bond donors (Lipinski definition) is 6. The van der Waals surface area contributed by atoms with Gasteiger partial charge in [0, 0.05) is 37.1 Å². The van der Waals surface area contributed by atoms with Crippen molar-refractivity contribution in [1.82, 2.24) is 21.3 Å². The Morgan fingerprint density at radius 2 is 0.884 bits per heavy atom. The Morgan fingerprint density at radius 3 is 1.23 bits per heavy atom. The molecule has 0 aliphatic heterocycles. The van der Waals surface area contributed by atoms with Gasteiger partial charge in [-0.1, -0.05) is 75.5 Å². The molecule has 69 heavy (non-hydrogen) atoms. The van der Waals surface area contributed by atoms with E-state index in [0.29, 0.717) is 63.1 Å². The molecule has 2 atom stereocenters. The molecule has 382 valence electrons. The first kappa shape index (κ1) is 60.8. The van der Waals surface area contributed by atoms with Crippen LogP contribution in [0.15, 0.2) is 72.8 Å². The van der Waals surface area contributed by atoms with Crippen molar-refractivity contribution in [3.8, 4) is 22.6 Å². The van der Waals surface area contributed by atoms with E-state index in [0.717, 1.165) is 32.7 Å². The van der Waals surface area contributed by atoms with Crippen LogP contribution in [0.3, 0.4) is 0 Å². The Hall–Kier alpha value is -6.23. The molecular weight excluding hydrogens is 905 g/mol. The Balaban J connectivity index is 0.00000793. The van der Waals surface area contributed by atoms with E-state index in [-0.39, 0.29) is 67.2 Å². The van der Waals surface area contributed by atoms with Gasteiger partial charge >= 0.3 is 24.1 Å². The van der Waals surface area contributed by atoms with Crippen LogP contribution in [0.2, 0.25) is 0 Å². The molecule has 16 nitrogen and oxygen atoms in total. The van der Waals surface area contributed by atoms with Gasteiger partial charge in [0.1, 0.15) is 34.8 Å². The number of aliphatic carboxylic acids is 2. The summed E-state index contributed by atoms with van der Waals surface area (Å²) in [7, 11) is 0. The van der Waals surface area contributed by atoms with Crippen molar-refractivity contribution in [2.24, 2.45) is 0 Å². The van der Waals surface area contributed by atoms with Gasteiger partial charge in [-0.3, -0.25) is 9.59 Å². The lowest BCUT2D eigenvalue weighted by molar-refractivity contribution is -0.142. The minimum atomic E-state index is -1.14. The highest BCUT2D eigenvalue weighted by molar-refractivity contribution is 7.59. The van der Waals surface area contributed by atoms with E-state index >= 15 is 0 Å². The van der Waals surface area contributed by atoms with Crippen molar-refractivity contribution < 1.29 is 57.9 Å². The summed E-state index contributed by atoms with van der Waals surface area (Å²) in [5.74, 6) is -2.01. The summed E-state index contributed by atoms with van der Waals surface area (Å²) in [5.41, 5.74) is 0.304. The summed E-state index contributed by atoms with van der Waals surface area (Å²) in [6.45, 7) is 11.5. The van der Waals surface area contributed by atoms with Gasteiger partial charge < -0.3 is 50.4 Å². The molecule has 17 heteroatoms. The molecule has 0 aliphatic rings. The number of carbonyl (C=O) groups excluding carboxylic acids is 4. The Morgan fingerprint density at radius 1 is 0.522 bits per heavy atom. The van der Waals surface area contributed by atoms with E-state index in [1.165, 1.54) is 0 Å². The molecule has 0 bridgehead atoms. The van der Waals surface area contributed by atoms with E-state index < -0.39 is 59.2 Å². The van der Waals surface area contributed by atoms with Crippen molar-refractivity contribution in [3.05, 3.63) is 72.8 Å². The number of benzene rings is 4. The molecule has 0 unspecified atom stereocenters. The van der Waals surface area contributed by atoms with Crippen LogP contribution in [0.1, 0.15) is 121 Å². The Bertz CT molecular complexity index is 2130. The van der Waals surface area contributed by atoms with Crippen LogP contribution in [-0.4, -0.2) is 95.7 Å². The number of carboxylic acids is 2. The summed E-state index contributed by atoms with van der Waals surface area (Å²) >= 11 is 0. The van der Waals surface area contributed by atoms with Crippen molar-refractivity contribution >= 4 is 71.0 Å². The first-order chi connectivity index (χ1) is 31.3. The number of carboxylic acid groups (broad SMARTS) is 2.